The van der Waals surface area contributed by atoms with Crippen molar-refractivity contribution in [2.45, 2.75) is 39.5 Å². The molecule has 0 radical (unpaired) electrons. The van der Waals surface area contributed by atoms with Crippen LogP contribution in [0.3, 0.4) is 0 Å². The van der Waals surface area contributed by atoms with E-state index in [1.165, 1.54) is 5.56 Å². The molecule has 0 spiro atoms. The van der Waals surface area contributed by atoms with Gasteiger partial charge in [-0.05, 0) is 68.4 Å². The molecule has 7 nitrogen and oxygen atoms in total. The topological polar surface area (TPSA) is 90.5 Å². The molecule has 3 aromatic rings. The number of fused-ring (bicyclic) bond motifs is 1. The number of carbonyl (C=O) groups is 1. The number of nitrogens with one attached hydrogen (secondary N) is 3. The zero-order chi connectivity index (χ0) is 26.6. The second-order valence-corrected chi connectivity index (χ2v) is 11.5. The Morgan fingerprint density at radius 2 is 1.57 bits per heavy atom. The Balaban J connectivity index is 1.75. The van der Waals surface area contributed by atoms with Crippen LogP contribution in [-0.4, -0.2) is 37.6 Å². The highest BCUT2D eigenvalue weighted by molar-refractivity contribution is 7.93. The van der Waals surface area contributed by atoms with Gasteiger partial charge in [0.2, 0.25) is 10.0 Å². The van der Waals surface area contributed by atoms with Crippen LogP contribution < -0.4 is 15.4 Å². The molecule has 8 heteroatoms. The Bertz CT molecular complexity index is 1390. The van der Waals surface area contributed by atoms with Gasteiger partial charge >= 0.3 is 0 Å². The van der Waals surface area contributed by atoms with E-state index < -0.39 is 15.3 Å². The lowest BCUT2D eigenvalue weighted by Crippen LogP contribution is -2.22. The molecule has 1 amide bonds. The van der Waals surface area contributed by atoms with Gasteiger partial charge in [0.25, 0.3) is 5.91 Å². The highest BCUT2D eigenvalue weighted by Gasteiger charge is 2.29. The van der Waals surface area contributed by atoms with Gasteiger partial charge in [-0.25, -0.2) is 8.42 Å². The van der Waals surface area contributed by atoms with Crippen molar-refractivity contribution in [1.82, 2.24) is 4.90 Å². The number of hydrogen-bond acceptors (Lipinski definition) is 5. The summed E-state index contributed by atoms with van der Waals surface area (Å²) in [5.74, 6) is -0.247. The number of carbonyl (C=O) groups excluding carboxylic acids is 1. The van der Waals surface area contributed by atoms with Crippen molar-refractivity contribution < 1.29 is 13.2 Å². The Labute approximate surface area is 219 Å². The van der Waals surface area contributed by atoms with Gasteiger partial charge in [-0.2, -0.15) is 0 Å². The molecular weight excluding hydrogens is 484 g/mol. The summed E-state index contributed by atoms with van der Waals surface area (Å²) in [5, 5.41) is 5.81. The van der Waals surface area contributed by atoms with Crippen LogP contribution >= 0.6 is 0 Å². The van der Waals surface area contributed by atoms with Crippen molar-refractivity contribution in [3.05, 3.63) is 89.5 Å². The van der Waals surface area contributed by atoms with Gasteiger partial charge in [0.15, 0.2) is 0 Å². The molecule has 0 aromatic heterocycles. The van der Waals surface area contributed by atoms with Crippen LogP contribution in [-0.2, 0) is 21.4 Å². The summed E-state index contributed by atoms with van der Waals surface area (Å²) >= 11 is 0. The van der Waals surface area contributed by atoms with Crippen molar-refractivity contribution in [1.29, 1.82) is 0 Å². The van der Waals surface area contributed by atoms with E-state index in [0.29, 0.717) is 28.2 Å². The molecule has 4 rings (SSSR count). The van der Waals surface area contributed by atoms with Gasteiger partial charge in [0.1, 0.15) is 0 Å². The summed E-state index contributed by atoms with van der Waals surface area (Å²) < 4.78 is 27.5. The molecule has 194 valence electrons. The number of anilines is 3. The maximum atomic E-state index is 13.2. The van der Waals surface area contributed by atoms with E-state index >= 15 is 0 Å². The summed E-state index contributed by atoms with van der Waals surface area (Å²) in [6, 6.07) is 23.0. The van der Waals surface area contributed by atoms with Gasteiger partial charge in [-0.15, -0.1) is 0 Å². The molecule has 1 aliphatic heterocycles. The molecule has 1 aliphatic rings. The van der Waals surface area contributed by atoms with Crippen LogP contribution in [0.25, 0.3) is 11.3 Å². The van der Waals surface area contributed by atoms with Crippen LogP contribution in [0.15, 0.2) is 72.8 Å². The van der Waals surface area contributed by atoms with E-state index in [4.69, 9.17) is 0 Å². The third-order valence-electron chi connectivity index (χ3n) is 6.48. The summed E-state index contributed by atoms with van der Waals surface area (Å²) in [7, 11) is -3.53. The average molecular weight is 519 g/mol. The first-order valence-electron chi connectivity index (χ1n) is 12.6. The van der Waals surface area contributed by atoms with Crippen LogP contribution in [0, 0.1) is 0 Å². The van der Waals surface area contributed by atoms with Crippen LogP contribution in [0.2, 0.25) is 0 Å². The third-order valence-corrected chi connectivity index (χ3v) is 8.24. The number of rotatable bonds is 10. The fourth-order valence-electron chi connectivity index (χ4n) is 4.19. The first-order valence-corrected chi connectivity index (χ1v) is 14.1. The second kappa shape index (κ2) is 11.2. The summed E-state index contributed by atoms with van der Waals surface area (Å²) in [4.78, 5) is 15.6. The number of sulfonamides is 1. The molecule has 1 heterocycles. The van der Waals surface area contributed by atoms with E-state index in [1.807, 2.05) is 42.5 Å². The normalized spacial score (nSPS) is 14.5. The van der Waals surface area contributed by atoms with Crippen LogP contribution in [0.4, 0.5) is 17.1 Å². The highest BCUT2D eigenvalue weighted by Crippen LogP contribution is 2.39. The van der Waals surface area contributed by atoms with E-state index in [9.17, 15) is 13.2 Å². The number of hydrogen-bond donors (Lipinski definition) is 3. The highest BCUT2D eigenvalue weighted by atomic mass is 32.2. The van der Waals surface area contributed by atoms with E-state index in [2.05, 4.69) is 46.2 Å². The van der Waals surface area contributed by atoms with Gasteiger partial charge in [0.05, 0.1) is 16.5 Å². The van der Waals surface area contributed by atoms with Gasteiger partial charge in [-0.1, -0.05) is 56.3 Å². The predicted molar refractivity (Wildman–Crippen MR) is 153 cm³/mol. The maximum absolute atomic E-state index is 13.2. The second-order valence-electron chi connectivity index (χ2n) is 9.31. The maximum Gasteiger partial charge on any atom is 0.258 e. The summed E-state index contributed by atoms with van der Waals surface area (Å²) in [6.07, 6.45) is 0. The van der Waals surface area contributed by atoms with Crippen molar-refractivity contribution in [2.75, 3.05) is 28.4 Å². The van der Waals surface area contributed by atoms with Gasteiger partial charge < -0.3 is 10.6 Å². The number of nitrogens with zero attached hydrogens (tertiary/aromatic N) is 1. The Hall–Kier alpha value is -3.62. The third kappa shape index (κ3) is 6.03. The zero-order valence-electron chi connectivity index (χ0n) is 21.7. The van der Waals surface area contributed by atoms with E-state index in [0.717, 1.165) is 30.9 Å². The minimum atomic E-state index is -3.53. The van der Waals surface area contributed by atoms with E-state index in [-0.39, 0.29) is 5.91 Å². The van der Waals surface area contributed by atoms with Crippen molar-refractivity contribution in [2.24, 2.45) is 0 Å². The molecule has 0 unspecified atom stereocenters. The van der Waals surface area contributed by atoms with Crippen molar-refractivity contribution in [3.63, 3.8) is 0 Å². The lowest BCUT2D eigenvalue weighted by Gasteiger charge is -2.19. The van der Waals surface area contributed by atoms with Gasteiger partial charge in [-0.3, -0.25) is 14.4 Å². The zero-order valence-corrected chi connectivity index (χ0v) is 22.5. The molecule has 0 fully saturated rings. The first kappa shape index (κ1) is 26.4. The molecule has 3 N–H and O–H groups in total. The number of amides is 1. The molecule has 3 aromatic carbocycles. The molecule has 0 bridgehead atoms. The molecule has 37 heavy (non-hydrogen) atoms. The minimum absolute atomic E-state index is 0.247. The largest absolute Gasteiger partial charge is 0.354 e. The fraction of sp³-hybridized carbons (Fsp3) is 0.276. The molecule has 0 saturated heterocycles. The quantitative estimate of drug-likeness (QED) is 0.304. The Kier molecular flexibility index (Phi) is 8.00. The predicted octanol–water partition coefficient (Wildman–Crippen LogP) is 5.61. The monoisotopic (exact) mass is 518 g/mol. The van der Waals surface area contributed by atoms with Gasteiger partial charge in [0, 0.05) is 29.2 Å². The smallest absolute Gasteiger partial charge is 0.258 e. The summed E-state index contributed by atoms with van der Waals surface area (Å²) in [5.41, 5.74) is 5.71. The Morgan fingerprint density at radius 3 is 2.19 bits per heavy atom. The van der Waals surface area contributed by atoms with Crippen molar-refractivity contribution >= 4 is 44.3 Å². The lowest BCUT2D eigenvalue weighted by molar-refractivity contribution is -0.110. The minimum Gasteiger partial charge on any atom is -0.354 e. The van der Waals surface area contributed by atoms with Crippen LogP contribution in [0.1, 0.15) is 44.4 Å². The Morgan fingerprint density at radius 1 is 0.919 bits per heavy atom. The average Bonchev–Trinajstić information content (AvgIpc) is 3.21. The van der Waals surface area contributed by atoms with Crippen molar-refractivity contribution in [3.8, 4) is 0 Å². The van der Waals surface area contributed by atoms with E-state index in [1.54, 1.807) is 32.0 Å². The fourth-order valence-corrected chi connectivity index (χ4v) is 4.88. The molecule has 0 atom stereocenters. The molecule has 0 saturated carbocycles. The van der Waals surface area contributed by atoms with Crippen LogP contribution in [0.5, 0.6) is 0 Å². The standard InChI is InChI=1S/C29H34N4O3S/c1-5-33(6-2)19-21-12-14-23(15-13-21)30-28(22-10-8-7-9-11-22)27-25-18-24(32-37(35,36)20(3)4)16-17-26(25)31-29(27)34/h7-18,20,30,32H,5-6,19H2,1-4H3,(H,31,34)/b28-27-. The number of benzene rings is 3. The SMILES string of the molecule is CCN(CC)Cc1ccc(N/C(=C2\C(=O)Nc3ccc(NS(=O)(=O)C(C)C)cc32)c2ccccc2)cc1. The lowest BCUT2D eigenvalue weighted by atomic mass is 9.99. The molecular formula is C29H34N4O3S. The molecule has 0 aliphatic carbocycles. The summed E-state index contributed by atoms with van der Waals surface area (Å²) in [6.45, 7) is 10.4. The first-order chi connectivity index (χ1) is 17.7.